The van der Waals surface area contributed by atoms with Crippen LogP contribution in [-0.4, -0.2) is 22.8 Å². The zero-order chi connectivity index (χ0) is 9.28. The average Bonchev–Trinajstić information content (AvgIpc) is 1.87. The molecule has 0 heterocycles. The molecule has 0 aliphatic heterocycles. The Labute approximate surface area is 69.4 Å². The molecule has 0 radical (unpaired) electrons. The molecule has 0 aromatic rings. The molecule has 0 aliphatic carbocycles. The Morgan fingerprint density at radius 3 is 2.00 bits per heavy atom. The van der Waals surface area contributed by atoms with Gasteiger partial charge in [-0.25, -0.2) is 0 Å². The molecular weight excluding hydrogens is 159 g/mol. The highest BCUT2D eigenvalue weighted by atomic mass is 31.2. The van der Waals surface area contributed by atoms with Gasteiger partial charge in [-0.15, -0.1) is 0 Å². The van der Waals surface area contributed by atoms with E-state index in [4.69, 9.17) is 0 Å². The molecule has 0 amide bonds. The fourth-order valence-electron chi connectivity index (χ4n) is 0.870. The maximum absolute atomic E-state index is 11.9. The molecular formula is C8H19O2P. The van der Waals surface area contributed by atoms with Gasteiger partial charge < -0.3 is 9.67 Å². The lowest BCUT2D eigenvalue weighted by Crippen LogP contribution is -2.26. The van der Waals surface area contributed by atoms with E-state index >= 15 is 0 Å². The highest BCUT2D eigenvalue weighted by Gasteiger charge is 2.38. The van der Waals surface area contributed by atoms with E-state index in [-0.39, 0.29) is 5.66 Å². The van der Waals surface area contributed by atoms with Crippen molar-refractivity contribution >= 4 is 7.14 Å². The van der Waals surface area contributed by atoms with Gasteiger partial charge in [-0.05, 0) is 20.0 Å². The molecule has 0 aromatic heterocycles. The van der Waals surface area contributed by atoms with Crippen molar-refractivity contribution in [2.75, 3.05) is 6.66 Å². The molecule has 11 heavy (non-hydrogen) atoms. The summed E-state index contributed by atoms with van der Waals surface area (Å²) < 4.78 is 11.9. The largest absolute Gasteiger partial charge is 0.382 e. The summed E-state index contributed by atoms with van der Waals surface area (Å²) in [7, 11) is -2.41. The Balaban J connectivity index is 4.69. The first kappa shape index (κ1) is 11.2. The van der Waals surface area contributed by atoms with Crippen molar-refractivity contribution in [2.45, 2.75) is 45.1 Å². The van der Waals surface area contributed by atoms with Crippen molar-refractivity contribution in [3.63, 3.8) is 0 Å². The smallest absolute Gasteiger partial charge is 0.117 e. The topological polar surface area (TPSA) is 37.3 Å². The van der Waals surface area contributed by atoms with Crippen LogP contribution in [-0.2, 0) is 4.57 Å². The Hall–Kier alpha value is 0.190. The lowest BCUT2D eigenvalue weighted by atomic mass is 10.3. The van der Waals surface area contributed by atoms with E-state index in [0.717, 1.165) is 0 Å². The zero-order valence-electron chi connectivity index (χ0n) is 8.09. The van der Waals surface area contributed by atoms with Gasteiger partial charge in [0, 0.05) is 5.66 Å². The lowest BCUT2D eigenvalue weighted by Gasteiger charge is -2.32. The summed E-state index contributed by atoms with van der Waals surface area (Å²) in [6, 6.07) is 0. The second-order valence-corrected chi connectivity index (χ2v) is 7.63. The van der Waals surface area contributed by atoms with Gasteiger partial charge in [0.05, 0.1) is 0 Å². The minimum Gasteiger partial charge on any atom is -0.382 e. The Morgan fingerprint density at radius 2 is 1.91 bits per heavy atom. The Bertz CT molecular complexity index is 173. The quantitative estimate of drug-likeness (QED) is 0.674. The summed E-state index contributed by atoms with van der Waals surface area (Å²) in [5, 5.41) is 8.77. The zero-order valence-corrected chi connectivity index (χ0v) is 8.98. The second-order valence-electron chi connectivity index (χ2n) is 3.65. The van der Waals surface area contributed by atoms with E-state index in [0.29, 0.717) is 6.42 Å². The minimum atomic E-state index is -2.41. The Morgan fingerprint density at radius 1 is 1.55 bits per heavy atom. The van der Waals surface area contributed by atoms with Crippen LogP contribution in [0.1, 0.15) is 34.1 Å². The van der Waals surface area contributed by atoms with Crippen molar-refractivity contribution in [3.05, 3.63) is 0 Å². The number of hydrogen-bond donors (Lipinski definition) is 1. The van der Waals surface area contributed by atoms with E-state index in [1.54, 1.807) is 13.6 Å². The molecule has 0 bridgehead atoms. The molecule has 0 rings (SSSR count). The number of rotatable bonds is 3. The number of hydrogen-bond acceptors (Lipinski definition) is 2. The monoisotopic (exact) mass is 178 g/mol. The van der Waals surface area contributed by atoms with Gasteiger partial charge in [0.2, 0.25) is 0 Å². The molecule has 0 fully saturated rings. The Kier molecular flexibility index (Phi) is 3.34. The molecule has 1 N–H and O–H groups in total. The fraction of sp³-hybridized carbons (Fsp3) is 1.00. The predicted molar refractivity (Wildman–Crippen MR) is 49.6 cm³/mol. The molecule has 2 unspecified atom stereocenters. The van der Waals surface area contributed by atoms with Gasteiger partial charge in [0.25, 0.3) is 0 Å². The molecule has 0 aliphatic rings. The summed E-state index contributed by atoms with van der Waals surface area (Å²) in [5.74, 6) is 0. The lowest BCUT2D eigenvalue weighted by molar-refractivity contribution is 0.137. The van der Waals surface area contributed by atoms with E-state index < -0.39 is 12.5 Å². The molecule has 2 nitrogen and oxygen atoms in total. The van der Waals surface area contributed by atoms with Gasteiger partial charge >= 0.3 is 0 Å². The van der Waals surface area contributed by atoms with Crippen LogP contribution in [0.4, 0.5) is 0 Å². The third-order valence-corrected chi connectivity index (χ3v) is 6.81. The standard InChI is InChI=1S/C8H19O2P/c1-6-8(4,9)11(5,10)7(2)3/h7,9H,6H2,1-5H3. The third kappa shape index (κ3) is 2.07. The molecule has 0 saturated heterocycles. The summed E-state index contributed by atoms with van der Waals surface area (Å²) >= 11 is 0. The molecule has 0 saturated carbocycles. The van der Waals surface area contributed by atoms with Crippen LogP contribution < -0.4 is 0 Å². The van der Waals surface area contributed by atoms with Crippen LogP contribution in [0.15, 0.2) is 0 Å². The maximum atomic E-state index is 11.9. The fourth-order valence-corrected chi connectivity index (χ4v) is 2.61. The average molecular weight is 178 g/mol. The highest BCUT2D eigenvalue weighted by molar-refractivity contribution is 7.65. The normalized spacial score (nSPS) is 22.8. The van der Waals surface area contributed by atoms with Gasteiger partial charge in [0.15, 0.2) is 0 Å². The van der Waals surface area contributed by atoms with Crippen molar-refractivity contribution < 1.29 is 9.67 Å². The van der Waals surface area contributed by atoms with Crippen molar-refractivity contribution in [1.82, 2.24) is 0 Å². The van der Waals surface area contributed by atoms with Crippen LogP contribution in [0.3, 0.4) is 0 Å². The highest BCUT2D eigenvalue weighted by Crippen LogP contribution is 2.58. The van der Waals surface area contributed by atoms with Crippen LogP contribution in [0.25, 0.3) is 0 Å². The van der Waals surface area contributed by atoms with Crippen molar-refractivity contribution in [2.24, 2.45) is 0 Å². The maximum Gasteiger partial charge on any atom is 0.117 e. The van der Waals surface area contributed by atoms with Gasteiger partial charge in [0.1, 0.15) is 12.5 Å². The first-order valence-corrected chi connectivity index (χ1v) is 6.27. The molecule has 0 spiro atoms. The molecule has 68 valence electrons. The molecule has 0 aromatic carbocycles. The molecule has 3 heteroatoms. The third-order valence-electron chi connectivity index (χ3n) is 2.61. The van der Waals surface area contributed by atoms with Crippen LogP contribution in [0.2, 0.25) is 0 Å². The van der Waals surface area contributed by atoms with Crippen LogP contribution in [0.5, 0.6) is 0 Å². The summed E-state index contributed by atoms with van der Waals surface area (Å²) in [6.07, 6.45) is 0.555. The second kappa shape index (κ2) is 3.28. The predicted octanol–water partition coefficient (Wildman–Crippen LogP) is 2.51. The van der Waals surface area contributed by atoms with Crippen molar-refractivity contribution in [1.29, 1.82) is 0 Å². The van der Waals surface area contributed by atoms with Crippen LogP contribution in [0, 0.1) is 0 Å². The first-order valence-electron chi connectivity index (χ1n) is 4.05. The number of aliphatic hydroxyl groups is 1. The molecule has 2 atom stereocenters. The van der Waals surface area contributed by atoms with Gasteiger partial charge in [-0.3, -0.25) is 0 Å². The summed E-state index contributed by atoms with van der Waals surface area (Å²) in [5.41, 5.74) is 0.0671. The summed E-state index contributed by atoms with van der Waals surface area (Å²) in [4.78, 5) is 0. The first-order chi connectivity index (χ1) is 4.75. The van der Waals surface area contributed by atoms with E-state index in [9.17, 15) is 9.67 Å². The van der Waals surface area contributed by atoms with E-state index in [1.165, 1.54) is 0 Å². The summed E-state index contributed by atoms with van der Waals surface area (Å²) in [6.45, 7) is 8.99. The van der Waals surface area contributed by atoms with Gasteiger partial charge in [-0.2, -0.15) is 0 Å². The van der Waals surface area contributed by atoms with Gasteiger partial charge in [-0.1, -0.05) is 20.8 Å². The van der Waals surface area contributed by atoms with Crippen molar-refractivity contribution in [3.8, 4) is 0 Å². The SMILES string of the molecule is CCC(C)(O)P(C)(=O)C(C)C. The van der Waals surface area contributed by atoms with E-state index in [2.05, 4.69) is 0 Å². The van der Waals surface area contributed by atoms with Crippen LogP contribution >= 0.6 is 7.14 Å². The van der Waals surface area contributed by atoms with E-state index in [1.807, 2.05) is 20.8 Å². The minimum absolute atomic E-state index is 0.0671.